The van der Waals surface area contributed by atoms with Gasteiger partial charge in [0.2, 0.25) is 0 Å². The van der Waals surface area contributed by atoms with Crippen LogP contribution in [0.1, 0.15) is 5.56 Å². The Kier molecular flexibility index (Phi) is 3.18. The summed E-state index contributed by atoms with van der Waals surface area (Å²) in [6.45, 7) is 0. The molecule has 0 saturated heterocycles. The first kappa shape index (κ1) is 13.1. The minimum Gasteiger partial charge on any atom is -0.327 e. The average molecular weight is 377 g/mol. The second-order valence-electron chi connectivity index (χ2n) is 4.40. The number of nitriles is 1. The molecule has 0 fully saturated rings. The van der Waals surface area contributed by atoms with Crippen LogP contribution < -0.4 is 0 Å². The number of aromatic nitrogens is 2. The van der Waals surface area contributed by atoms with Crippen molar-refractivity contribution in [1.29, 1.82) is 5.26 Å². The molecule has 3 nitrogen and oxygen atoms in total. The van der Waals surface area contributed by atoms with Crippen LogP contribution in [0.3, 0.4) is 0 Å². The van der Waals surface area contributed by atoms with Gasteiger partial charge >= 0.3 is 0 Å². The van der Waals surface area contributed by atoms with E-state index < -0.39 is 0 Å². The fraction of sp³-hybridized carbons (Fsp3) is 0.0667. The van der Waals surface area contributed by atoms with Crippen molar-refractivity contribution in [3.8, 4) is 17.5 Å². The standard InChI is InChI=1S/C15H9FIN3/c1-20-13-4-2-3-9(8-18)14(13)19-15(20)11-6-5-10(16)7-12(11)17/h2-7H,1H3. The van der Waals surface area contributed by atoms with Crippen LogP contribution >= 0.6 is 22.6 Å². The van der Waals surface area contributed by atoms with Gasteiger partial charge in [0, 0.05) is 16.2 Å². The zero-order valence-corrected chi connectivity index (χ0v) is 12.7. The molecular weight excluding hydrogens is 368 g/mol. The van der Waals surface area contributed by atoms with Gasteiger partial charge in [0.1, 0.15) is 23.2 Å². The van der Waals surface area contributed by atoms with Crippen molar-refractivity contribution >= 4 is 33.6 Å². The lowest BCUT2D eigenvalue weighted by Crippen LogP contribution is -1.94. The first-order valence-corrected chi connectivity index (χ1v) is 7.00. The van der Waals surface area contributed by atoms with E-state index >= 15 is 0 Å². The molecule has 1 aromatic heterocycles. The van der Waals surface area contributed by atoms with Crippen LogP contribution in [0.4, 0.5) is 4.39 Å². The number of hydrogen-bond donors (Lipinski definition) is 0. The summed E-state index contributed by atoms with van der Waals surface area (Å²) >= 11 is 2.09. The lowest BCUT2D eigenvalue weighted by molar-refractivity contribution is 0.627. The quantitative estimate of drug-likeness (QED) is 0.605. The van der Waals surface area contributed by atoms with Crippen molar-refractivity contribution in [2.45, 2.75) is 0 Å². The highest BCUT2D eigenvalue weighted by molar-refractivity contribution is 14.1. The van der Waals surface area contributed by atoms with Crippen LogP contribution in [-0.4, -0.2) is 9.55 Å². The summed E-state index contributed by atoms with van der Waals surface area (Å²) in [5.74, 6) is 0.460. The molecule has 0 N–H and O–H groups in total. The first-order valence-electron chi connectivity index (χ1n) is 5.93. The fourth-order valence-electron chi connectivity index (χ4n) is 2.22. The number of nitrogens with zero attached hydrogens (tertiary/aromatic N) is 3. The first-order chi connectivity index (χ1) is 9.61. The number of rotatable bonds is 1. The van der Waals surface area contributed by atoms with Gasteiger partial charge in [0.25, 0.3) is 0 Å². The summed E-state index contributed by atoms with van der Waals surface area (Å²) < 4.78 is 15.9. The molecule has 0 aliphatic heterocycles. The van der Waals surface area contributed by atoms with Crippen LogP contribution in [0.5, 0.6) is 0 Å². The monoisotopic (exact) mass is 377 g/mol. The van der Waals surface area contributed by atoms with Gasteiger partial charge in [0.05, 0.1) is 11.1 Å². The molecular formula is C15H9FIN3. The largest absolute Gasteiger partial charge is 0.327 e. The molecule has 1 heterocycles. The summed E-state index contributed by atoms with van der Waals surface area (Å²) in [6, 6.07) is 12.3. The Morgan fingerprint density at radius 1 is 1.30 bits per heavy atom. The molecule has 0 unspecified atom stereocenters. The van der Waals surface area contributed by atoms with E-state index in [1.54, 1.807) is 12.1 Å². The zero-order valence-electron chi connectivity index (χ0n) is 10.6. The van der Waals surface area contributed by atoms with E-state index in [9.17, 15) is 4.39 Å². The third-order valence-corrected chi connectivity index (χ3v) is 4.10. The second kappa shape index (κ2) is 4.87. The van der Waals surface area contributed by atoms with Crippen molar-refractivity contribution in [3.63, 3.8) is 0 Å². The summed E-state index contributed by atoms with van der Waals surface area (Å²) in [7, 11) is 1.89. The number of aryl methyl sites for hydroxylation is 1. The SMILES string of the molecule is Cn1c(-c2ccc(F)cc2I)nc2c(C#N)cccc21. The number of imidazole rings is 1. The zero-order chi connectivity index (χ0) is 14.3. The lowest BCUT2D eigenvalue weighted by atomic mass is 10.2. The summed E-state index contributed by atoms with van der Waals surface area (Å²) in [6.07, 6.45) is 0. The van der Waals surface area contributed by atoms with Crippen LogP contribution in [0, 0.1) is 20.7 Å². The van der Waals surface area contributed by atoms with Crippen molar-refractivity contribution in [3.05, 3.63) is 51.3 Å². The molecule has 0 aliphatic rings. The van der Waals surface area contributed by atoms with Crippen molar-refractivity contribution in [1.82, 2.24) is 9.55 Å². The second-order valence-corrected chi connectivity index (χ2v) is 5.57. The van der Waals surface area contributed by atoms with Gasteiger partial charge in [0.15, 0.2) is 0 Å². The number of para-hydroxylation sites is 1. The summed E-state index contributed by atoms with van der Waals surface area (Å²) in [5.41, 5.74) is 2.96. The van der Waals surface area contributed by atoms with Gasteiger partial charge < -0.3 is 4.57 Å². The van der Waals surface area contributed by atoms with E-state index in [-0.39, 0.29) is 5.82 Å². The van der Waals surface area contributed by atoms with Crippen LogP contribution in [0.15, 0.2) is 36.4 Å². The molecule has 20 heavy (non-hydrogen) atoms. The third-order valence-electron chi connectivity index (χ3n) is 3.20. The number of hydrogen-bond acceptors (Lipinski definition) is 2. The maximum Gasteiger partial charge on any atom is 0.141 e. The maximum atomic E-state index is 13.2. The molecule has 0 aliphatic carbocycles. The van der Waals surface area contributed by atoms with Crippen LogP contribution in [-0.2, 0) is 7.05 Å². The van der Waals surface area contributed by atoms with Crippen molar-refractivity contribution < 1.29 is 4.39 Å². The third kappa shape index (κ3) is 1.96. The molecule has 3 rings (SSSR count). The average Bonchev–Trinajstić information content (AvgIpc) is 2.76. The minimum atomic E-state index is -0.269. The van der Waals surface area contributed by atoms with Gasteiger partial charge in [-0.05, 0) is 52.9 Å². The van der Waals surface area contributed by atoms with E-state index in [0.29, 0.717) is 11.1 Å². The number of benzene rings is 2. The minimum absolute atomic E-state index is 0.269. The van der Waals surface area contributed by atoms with Crippen LogP contribution in [0.2, 0.25) is 0 Å². The Labute approximate surface area is 128 Å². The van der Waals surface area contributed by atoms with Crippen molar-refractivity contribution in [2.24, 2.45) is 7.05 Å². The van der Waals surface area contributed by atoms with Gasteiger partial charge in [-0.15, -0.1) is 0 Å². The molecule has 98 valence electrons. The molecule has 0 saturated carbocycles. The highest BCUT2D eigenvalue weighted by Gasteiger charge is 2.14. The molecule has 5 heteroatoms. The Balaban J connectivity index is 2.33. The maximum absolute atomic E-state index is 13.2. The summed E-state index contributed by atoms with van der Waals surface area (Å²) in [4.78, 5) is 4.56. The number of halogens is 2. The van der Waals surface area contributed by atoms with Gasteiger partial charge in [-0.2, -0.15) is 5.26 Å². The van der Waals surface area contributed by atoms with E-state index in [4.69, 9.17) is 5.26 Å². The predicted octanol–water partition coefficient (Wildman–Crippen LogP) is 3.86. The van der Waals surface area contributed by atoms with Gasteiger partial charge in [-0.3, -0.25) is 0 Å². The molecule has 0 spiro atoms. The lowest BCUT2D eigenvalue weighted by Gasteiger charge is -2.05. The highest BCUT2D eigenvalue weighted by atomic mass is 127. The van der Waals surface area contributed by atoms with Crippen LogP contribution in [0.25, 0.3) is 22.4 Å². The van der Waals surface area contributed by atoms with E-state index in [2.05, 4.69) is 33.6 Å². The Morgan fingerprint density at radius 3 is 2.80 bits per heavy atom. The van der Waals surface area contributed by atoms with E-state index in [1.807, 2.05) is 23.7 Å². The molecule has 0 radical (unpaired) electrons. The molecule has 0 amide bonds. The predicted molar refractivity (Wildman–Crippen MR) is 83.5 cm³/mol. The molecule has 3 aromatic rings. The summed E-state index contributed by atoms with van der Waals surface area (Å²) in [5, 5.41) is 9.15. The Hall–Kier alpha value is -1.94. The van der Waals surface area contributed by atoms with E-state index in [0.717, 1.165) is 20.5 Å². The highest BCUT2D eigenvalue weighted by Crippen LogP contribution is 2.29. The van der Waals surface area contributed by atoms with Crippen molar-refractivity contribution in [2.75, 3.05) is 0 Å². The Bertz CT molecular complexity index is 861. The molecule has 0 atom stereocenters. The molecule has 2 aromatic carbocycles. The fourth-order valence-corrected chi connectivity index (χ4v) is 2.93. The normalized spacial score (nSPS) is 10.7. The van der Waals surface area contributed by atoms with Gasteiger partial charge in [-0.1, -0.05) is 6.07 Å². The number of fused-ring (bicyclic) bond motifs is 1. The van der Waals surface area contributed by atoms with E-state index in [1.165, 1.54) is 12.1 Å². The molecule has 0 bridgehead atoms. The van der Waals surface area contributed by atoms with Gasteiger partial charge in [-0.25, -0.2) is 9.37 Å². The smallest absolute Gasteiger partial charge is 0.141 e. The Morgan fingerprint density at radius 2 is 2.10 bits per heavy atom. The topological polar surface area (TPSA) is 41.6 Å².